The quantitative estimate of drug-likeness (QED) is 0.740. The lowest BCUT2D eigenvalue weighted by Crippen LogP contribution is -2.28. The van der Waals surface area contributed by atoms with E-state index in [1.165, 1.54) is 12.0 Å². The van der Waals surface area contributed by atoms with Gasteiger partial charge in [-0.15, -0.1) is 0 Å². The highest BCUT2D eigenvalue weighted by molar-refractivity contribution is 5.78. The lowest BCUT2D eigenvalue weighted by Gasteiger charge is -2.17. The highest BCUT2D eigenvalue weighted by Crippen LogP contribution is 2.37. The molecule has 1 aliphatic heterocycles. The van der Waals surface area contributed by atoms with Crippen LogP contribution in [0.3, 0.4) is 0 Å². The lowest BCUT2D eigenvalue weighted by molar-refractivity contribution is -0.143. The molecule has 1 amide bonds. The molecule has 1 aliphatic rings. The van der Waals surface area contributed by atoms with Crippen molar-refractivity contribution in [2.45, 2.75) is 25.2 Å². The Bertz CT molecular complexity index is 594. The third-order valence-corrected chi connectivity index (χ3v) is 4.03. The molecule has 1 heterocycles. The van der Waals surface area contributed by atoms with Crippen molar-refractivity contribution in [3.8, 4) is 0 Å². The number of methoxy groups -OCH3 is 1. The summed E-state index contributed by atoms with van der Waals surface area (Å²) in [5, 5.41) is 0. The van der Waals surface area contributed by atoms with Crippen LogP contribution in [0.1, 0.15) is 23.1 Å². The van der Waals surface area contributed by atoms with Gasteiger partial charge in [-0.1, -0.05) is 0 Å². The van der Waals surface area contributed by atoms with Crippen molar-refractivity contribution in [2.24, 2.45) is 5.92 Å². The number of hydrogen-bond donors (Lipinski definition) is 0. The van der Waals surface area contributed by atoms with E-state index in [0.29, 0.717) is 19.7 Å². The van der Waals surface area contributed by atoms with Gasteiger partial charge in [0.15, 0.2) is 0 Å². The minimum absolute atomic E-state index is 0.0256. The number of rotatable bonds is 5. The van der Waals surface area contributed by atoms with Crippen LogP contribution in [0.25, 0.3) is 0 Å². The Morgan fingerprint density at radius 3 is 2.12 bits per heavy atom. The van der Waals surface area contributed by atoms with Crippen LogP contribution in [-0.4, -0.2) is 37.6 Å². The van der Waals surface area contributed by atoms with Crippen LogP contribution in [0.4, 0.5) is 26.3 Å². The van der Waals surface area contributed by atoms with E-state index in [0.717, 1.165) is 12.1 Å². The van der Waals surface area contributed by atoms with Crippen molar-refractivity contribution in [3.05, 3.63) is 34.9 Å². The van der Waals surface area contributed by atoms with E-state index < -0.39 is 23.5 Å². The average Bonchev–Trinajstić information content (AvgIpc) is 2.82. The summed E-state index contributed by atoms with van der Waals surface area (Å²) in [6.07, 6.45) is -9.67. The molecule has 1 aromatic rings. The molecule has 0 spiro atoms. The fourth-order valence-corrected chi connectivity index (χ4v) is 2.88. The van der Waals surface area contributed by atoms with Gasteiger partial charge in [0.05, 0.1) is 17.7 Å². The zero-order valence-corrected chi connectivity index (χ0v) is 13.4. The van der Waals surface area contributed by atoms with Crippen LogP contribution in [0.5, 0.6) is 0 Å². The highest BCUT2D eigenvalue weighted by atomic mass is 19.4. The predicted octanol–water partition coefficient (Wildman–Crippen LogP) is 3.76. The van der Waals surface area contributed by atoms with Crippen molar-refractivity contribution < 1.29 is 35.9 Å². The van der Waals surface area contributed by atoms with Crippen LogP contribution < -0.4 is 0 Å². The number of benzene rings is 1. The third kappa shape index (κ3) is 5.10. The van der Waals surface area contributed by atoms with Crippen LogP contribution >= 0.6 is 0 Å². The zero-order chi connectivity index (χ0) is 18.8. The Hall–Kier alpha value is -1.77. The SMILES string of the molecule is COCCN1CC(Cc2cc(C(F)(F)F)cc(C(F)(F)F)c2)CC1=O. The average molecular weight is 369 g/mol. The summed E-state index contributed by atoms with van der Waals surface area (Å²) in [6.45, 7) is 0.961. The number of alkyl halides is 6. The van der Waals surface area contributed by atoms with E-state index in [1.54, 1.807) is 0 Å². The second kappa shape index (κ2) is 7.23. The second-order valence-corrected chi connectivity index (χ2v) is 6.02. The van der Waals surface area contributed by atoms with E-state index in [1.807, 2.05) is 0 Å². The number of ether oxygens (including phenoxy) is 1. The predicted molar refractivity (Wildman–Crippen MR) is 76.7 cm³/mol. The molecule has 1 fully saturated rings. The lowest BCUT2D eigenvalue weighted by atomic mass is 9.95. The van der Waals surface area contributed by atoms with Crippen molar-refractivity contribution in [2.75, 3.05) is 26.8 Å². The summed E-state index contributed by atoms with van der Waals surface area (Å²) >= 11 is 0. The van der Waals surface area contributed by atoms with Crippen LogP contribution in [0, 0.1) is 5.92 Å². The summed E-state index contributed by atoms with van der Waals surface area (Å²) in [5.41, 5.74) is -2.75. The number of carbonyl (C=O) groups excluding carboxylic acids is 1. The molecule has 0 aliphatic carbocycles. The molecular formula is C16H17F6NO2. The minimum Gasteiger partial charge on any atom is -0.383 e. The molecule has 0 saturated carbocycles. The Kier molecular flexibility index (Phi) is 5.65. The molecule has 25 heavy (non-hydrogen) atoms. The maximum atomic E-state index is 12.9. The van der Waals surface area contributed by atoms with E-state index in [9.17, 15) is 31.1 Å². The number of likely N-dealkylation sites (tertiary alicyclic amines) is 1. The molecule has 1 aromatic carbocycles. The molecule has 0 N–H and O–H groups in total. The minimum atomic E-state index is -4.87. The molecule has 1 unspecified atom stereocenters. The van der Waals surface area contributed by atoms with Gasteiger partial charge in [0.2, 0.25) is 5.91 Å². The summed E-state index contributed by atoms with van der Waals surface area (Å²) in [7, 11) is 1.47. The largest absolute Gasteiger partial charge is 0.416 e. The Labute approximate surface area is 140 Å². The van der Waals surface area contributed by atoms with Crippen molar-refractivity contribution >= 4 is 5.91 Å². The second-order valence-electron chi connectivity index (χ2n) is 6.02. The summed E-state index contributed by atoms with van der Waals surface area (Å²) in [5.74, 6) is -0.501. The standard InChI is InChI=1S/C16H17F6NO2/c1-25-3-2-23-9-11(7-14(23)24)4-10-5-12(15(17,18)19)8-13(6-10)16(20,21)22/h5-6,8,11H,2-4,7,9H2,1H3. The fraction of sp³-hybridized carbons (Fsp3) is 0.562. The van der Waals surface area contributed by atoms with E-state index in [-0.39, 0.29) is 36.3 Å². The fourth-order valence-electron chi connectivity index (χ4n) is 2.88. The highest BCUT2D eigenvalue weighted by Gasteiger charge is 2.37. The first-order valence-corrected chi connectivity index (χ1v) is 7.55. The van der Waals surface area contributed by atoms with Gasteiger partial charge in [0.25, 0.3) is 0 Å². The molecule has 1 atom stereocenters. The number of amides is 1. The summed E-state index contributed by atoms with van der Waals surface area (Å²) in [6, 6.07) is 1.54. The van der Waals surface area contributed by atoms with Gasteiger partial charge < -0.3 is 9.64 Å². The molecule has 0 radical (unpaired) electrons. The van der Waals surface area contributed by atoms with Gasteiger partial charge in [-0.05, 0) is 36.1 Å². The Morgan fingerprint density at radius 2 is 1.64 bits per heavy atom. The Balaban J connectivity index is 2.20. The smallest absolute Gasteiger partial charge is 0.383 e. The molecular weight excluding hydrogens is 352 g/mol. The van der Waals surface area contributed by atoms with Gasteiger partial charge in [-0.25, -0.2) is 0 Å². The van der Waals surface area contributed by atoms with E-state index in [4.69, 9.17) is 4.74 Å². The molecule has 2 rings (SSSR count). The zero-order valence-electron chi connectivity index (χ0n) is 13.4. The molecule has 0 aromatic heterocycles. The van der Waals surface area contributed by atoms with E-state index in [2.05, 4.69) is 0 Å². The number of nitrogens with zero attached hydrogens (tertiary/aromatic N) is 1. The van der Waals surface area contributed by atoms with Gasteiger partial charge >= 0.3 is 12.4 Å². The van der Waals surface area contributed by atoms with Gasteiger partial charge in [0.1, 0.15) is 0 Å². The van der Waals surface area contributed by atoms with Crippen molar-refractivity contribution in [3.63, 3.8) is 0 Å². The third-order valence-electron chi connectivity index (χ3n) is 4.03. The molecule has 3 nitrogen and oxygen atoms in total. The molecule has 0 bridgehead atoms. The van der Waals surface area contributed by atoms with Crippen molar-refractivity contribution in [1.82, 2.24) is 4.90 Å². The topological polar surface area (TPSA) is 29.5 Å². The molecule has 140 valence electrons. The van der Waals surface area contributed by atoms with Crippen LogP contribution in [0.2, 0.25) is 0 Å². The maximum absolute atomic E-state index is 12.9. The summed E-state index contributed by atoms with van der Waals surface area (Å²) in [4.78, 5) is 13.3. The number of carbonyl (C=O) groups is 1. The van der Waals surface area contributed by atoms with E-state index >= 15 is 0 Å². The van der Waals surface area contributed by atoms with Crippen LogP contribution in [0.15, 0.2) is 18.2 Å². The Morgan fingerprint density at radius 1 is 1.08 bits per heavy atom. The van der Waals surface area contributed by atoms with Crippen molar-refractivity contribution in [1.29, 1.82) is 0 Å². The molecule has 9 heteroatoms. The normalized spacial score (nSPS) is 18.9. The summed E-state index contributed by atoms with van der Waals surface area (Å²) < 4.78 is 82.1. The number of hydrogen-bond acceptors (Lipinski definition) is 2. The molecule has 1 saturated heterocycles. The monoisotopic (exact) mass is 369 g/mol. The van der Waals surface area contributed by atoms with Gasteiger partial charge in [-0.2, -0.15) is 26.3 Å². The first-order valence-electron chi connectivity index (χ1n) is 7.55. The van der Waals surface area contributed by atoms with Gasteiger partial charge in [-0.3, -0.25) is 4.79 Å². The van der Waals surface area contributed by atoms with Crippen LogP contribution in [-0.2, 0) is 28.3 Å². The maximum Gasteiger partial charge on any atom is 0.416 e. The first kappa shape index (κ1) is 19.6. The first-order chi connectivity index (χ1) is 11.5. The van der Waals surface area contributed by atoms with Gasteiger partial charge in [0, 0.05) is 26.6 Å². The number of halogens is 6.